The van der Waals surface area contributed by atoms with Crippen molar-refractivity contribution in [3.05, 3.63) is 76.9 Å². The smallest absolute Gasteiger partial charge is 0.338 e. The Morgan fingerprint density at radius 3 is 2.48 bits per heavy atom. The van der Waals surface area contributed by atoms with E-state index in [0.717, 1.165) is 5.56 Å². The maximum absolute atomic E-state index is 12.2. The van der Waals surface area contributed by atoms with Crippen LogP contribution < -0.4 is 5.32 Å². The van der Waals surface area contributed by atoms with Gasteiger partial charge in [-0.05, 0) is 29.7 Å². The minimum absolute atomic E-state index is 0.0654. The van der Waals surface area contributed by atoms with Gasteiger partial charge in [-0.15, -0.1) is 0 Å². The van der Waals surface area contributed by atoms with E-state index in [4.69, 9.17) is 4.74 Å². The molecule has 126 valence electrons. The fourth-order valence-corrected chi connectivity index (χ4v) is 2.28. The van der Waals surface area contributed by atoms with Crippen molar-refractivity contribution in [1.29, 1.82) is 5.26 Å². The summed E-state index contributed by atoms with van der Waals surface area (Å²) in [6.07, 6.45) is 2.06. The molecule has 0 fully saturated rings. The van der Waals surface area contributed by atoms with Crippen molar-refractivity contribution in [3.8, 4) is 6.07 Å². The summed E-state index contributed by atoms with van der Waals surface area (Å²) in [5.41, 5.74) is 1.80. The SMILES string of the molecule is COC(=O)c1ccccc1/C=C(\C#N)C(=O)NCCc1ccccc1. The highest BCUT2D eigenvalue weighted by molar-refractivity contribution is 6.03. The molecular formula is C20H18N2O3. The molecule has 0 aliphatic heterocycles. The van der Waals surface area contributed by atoms with Crippen molar-refractivity contribution in [2.75, 3.05) is 13.7 Å². The summed E-state index contributed by atoms with van der Waals surface area (Å²) >= 11 is 0. The molecule has 0 spiro atoms. The molecule has 0 saturated heterocycles. The van der Waals surface area contributed by atoms with Crippen LogP contribution in [0.25, 0.3) is 6.08 Å². The van der Waals surface area contributed by atoms with Crippen molar-refractivity contribution >= 4 is 18.0 Å². The van der Waals surface area contributed by atoms with Crippen LogP contribution in [-0.2, 0) is 16.0 Å². The van der Waals surface area contributed by atoms with Gasteiger partial charge in [0, 0.05) is 6.54 Å². The number of carbonyl (C=O) groups excluding carboxylic acids is 2. The summed E-state index contributed by atoms with van der Waals surface area (Å²) in [7, 11) is 1.28. The maximum Gasteiger partial charge on any atom is 0.338 e. The number of carbonyl (C=O) groups is 2. The Balaban J connectivity index is 2.08. The van der Waals surface area contributed by atoms with E-state index in [1.54, 1.807) is 24.3 Å². The van der Waals surface area contributed by atoms with Crippen LogP contribution in [0.1, 0.15) is 21.5 Å². The molecule has 0 aromatic heterocycles. The molecule has 0 radical (unpaired) electrons. The van der Waals surface area contributed by atoms with Crippen LogP contribution >= 0.6 is 0 Å². The number of nitrogens with zero attached hydrogens (tertiary/aromatic N) is 1. The van der Waals surface area contributed by atoms with Gasteiger partial charge in [0.2, 0.25) is 0 Å². The van der Waals surface area contributed by atoms with Gasteiger partial charge in [-0.1, -0.05) is 48.5 Å². The highest BCUT2D eigenvalue weighted by Gasteiger charge is 2.13. The number of ether oxygens (including phenoxy) is 1. The highest BCUT2D eigenvalue weighted by atomic mass is 16.5. The van der Waals surface area contributed by atoms with Crippen LogP contribution in [-0.4, -0.2) is 25.5 Å². The molecule has 2 aromatic carbocycles. The molecule has 2 aromatic rings. The zero-order valence-electron chi connectivity index (χ0n) is 13.9. The molecule has 0 bridgehead atoms. The van der Waals surface area contributed by atoms with E-state index in [-0.39, 0.29) is 5.57 Å². The largest absolute Gasteiger partial charge is 0.465 e. The topological polar surface area (TPSA) is 79.2 Å². The van der Waals surface area contributed by atoms with Gasteiger partial charge in [-0.2, -0.15) is 5.26 Å². The Hall–Kier alpha value is -3.39. The van der Waals surface area contributed by atoms with E-state index in [1.165, 1.54) is 13.2 Å². The highest BCUT2D eigenvalue weighted by Crippen LogP contribution is 2.14. The first-order chi connectivity index (χ1) is 12.2. The van der Waals surface area contributed by atoms with E-state index < -0.39 is 11.9 Å². The minimum atomic E-state index is -0.520. The summed E-state index contributed by atoms with van der Waals surface area (Å²) in [6, 6.07) is 18.3. The molecule has 5 nitrogen and oxygen atoms in total. The molecule has 0 aliphatic carbocycles. The summed E-state index contributed by atoms with van der Waals surface area (Å²) in [5.74, 6) is -0.994. The monoisotopic (exact) mass is 334 g/mol. The van der Waals surface area contributed by atoms with Crippen molar-refractivity contribution in [2.45, 2.75) is 6.42 Å². The molecule has 0 aliphatic rings. The third kappa shape index (κ3) is 5.05. The fraction of sp³-hybridized carbons (Fsp3) is 0.150. The Morgan fingerprint density at radius 2 is 1.80 bits per heavy atom. The zero-order chi connectivity index (χ0) is 18.1. The van der Waals surface area contributed by atoms with E-state index in [0.29, 0.717) is 24.1 Å². The van der Waals surface area contributed by atoms with Crippen LogP contribution in [0.5, 0.6) is 0 Å². The van der Waals surface area contributed by atoms with Gasteiger partial charge >= 0.3 is 5.97 Å². The first-order valence-electron chi connectivity index (χ1n) is 7.77. The van der Waals surface area contributed by atoms with E-state index >= 15 is 0 Å². The average Bonchev–Trinajstić information content (AvgIpc) is 2.66. The van der Waals surface area contributed by atoms with Crippen molar-refractivity contribution in [2.24, 2.45) is 0 Å². The molecular weight excluding hydrogens is 316 g/mol. The van der Waals surface area contributed by atoms with Crippen molar-refractivity contribution in [1.82, 2.24) is 5.32 Å². The lowest BCUT2D eigenvalue weighted by Crippen LogP contribution is -2.26. The summed E-state index contributed by atoms with van der Waals surface area (Å²) in [4.78, 5) is 24.0. The predicted molar refractivity (Wildman–Crippen MR) is 94.5 cm³/mol. The minimum Gasteiger partial charge on any atom is -0.465 e. The third-order valence-electron chi connectivity index (χ3n) is 3.57. The van der Waals surface area contributed by atoms with Crippen molar-refractivity contribution in [3.63, 3.8) is 0 Å². The number of methoxy groups -OCH3 is 1. The molecule has 25 heavy (non-hydrogen) atoms. The Morgan fingerprint density at radius 1 is 1.12 bits per heavy atom. The van der Waals surface area contributed by atoms with Gasteiger partial charge in [-0.25, -0.2) is 4.79 Å². The van der Waals surface area contributed by atoms with Crippen LogP contribution in [0.4, 0.5) is 0 Å². The molecule has 0 atom stereocenters. The van der Waals surface area contributed by atoms with Crippen LogP contribution in [0.15, 0.2) is 60.2 Å². The standard InChI is InChI=1S/C20H18N2O3/c1-25-20(24)18-10-6-5-9-16(18)13-17(14-21)19(23)22-12-11-15-7-3-2-4-8-15/h2-10,13H,11-12H2,1H3,(H,22,23)/b17-13+. The maximum atomic E-state index is 12.2. The number of esters is 1. The first kappa shape index (κ1) is 18.0. The number of nitriles is 1. The van der Waals surface area contributed by atoms with Gasteiger partial charge in [0.1, 0.15) is 11.6 Å². The van der Waals surface area contributed by atoms with E-state index in [1.807, 2.05) is 36.4 Å². The lowest BCUT2D eigenvalue weighted by Gasteiger charge is -2.06. The first-order valence-corrected chi connectivity index (χ1v) is 7.77. The molecule has 5 heteroatoms. The molecule has 0 unspecified atom stereocenters. The second kappa shape index (κ2) is 9.04. The summed E-state index contributed by atoms with van der Waals surface area (Å²) in [5, 5.41) is 12.0. The lowest BCUT2D eigenvalue weighted by molar-refractivity contribution is -0.117. The number of benzene rings is 2. The number of nitrogens with one attached hydrogen (secondary N) is 1. The number of hydrogen-bond donors (Lipinski definition) is 1. The van der Waals surface area contributed by atoms with Crippen molar-refractivity contribution < 1.29 is 14.3 Å². The number of rotatable bonds is 6. The fourth-order valence-electron chi connectivity index (χ4n) is 2.28. The van der Waals surface area contributed by atoms with Gasteiger partial charge in [0.15, 0.2) is 0 Å². The van der Waals surface area contributed by atoms with Gasteiger partial charge in [-0.3, -0.25) is 4.79 Å². The normalized spacial score (nSPS) is 10.6. The summed E-state index contributed by atoms with van der Waals surface area (Å²) in [6.45, 7) is 0.417. The van der Waals surface area contributed by atoms with E-state index in [2.05, 4.69) is 5.32 Å². The molecule has 0 saturated carbocycles. The summed E-state index contributed by atoms with van der Waals surface area (Å²) < 4.78 is 4.71. The van der Waals surface area contributed by atoms with Gasteiger partial charge in [0.25, 0.3) is 5.91 Å². The van der Waals surface area contributed by atoms with Crippen LogP contribution in [0.3, 0.4) is 0 Å². The van der Waals surface area contributed by atoms with Gasteiger partial charge < -0.3 is 10.1 Å². The van der Waals surface area contributed by atoms with Crippen LogP contribution in [0.2, 0.25) is 0 Å². The van der Waals surface area contributed by atoms with Crippen LogP contribution in [0, 0.1) is 11.3 Å². The third-order valence-corrected chi connectivity index (χ3v) is 3.57. The Labute approximate surface area is 146 Å². The quantitative estimate of drug-likeness (QED) is 0.500. The molecule has 0 heterocycles. The molecule has 1 amide bonds. The predicted octanol–water partition coefficient (Wildman–Crippen LogP) is 2.74. The zero-order valence-corrected chi connectivity index (χ0v) is 13.9. The Bertz CT molecular complexity index is 820. The van der Waals surface area contributed by atoms with Gasteiger partial charge in [0.05, 0.1) is 12.7 Å². The lowest BCUT2D eigenvalue weighted by atomic mass is 10.0. The molecule has 1 N–H and O–H groups in total. The number of amides is 1. The van der Waals surface area contributed by atoms with E-state index in [9.17, 15) is 14.9 Å². The molecule has 2 rings (SSSR count). The second-order valence-corrected chi connectivity index (χ2v) is 5.24. The Kier molecular flexibility index (Phi) is 6.49. The number of hydrogen-bond acceptors (Lipinski definition) is 4. The average molecular weight is 334 g/mol. The second-order valence-electron chi connectivity index (χ2n) is 5.24.